The molecule has 0 bridgehead atoms. The summed E-state index contributed by atoms with van der Waals surface area (Å²) in [4.78, 5) is 2.60. The highest BCUT2D eigenvalue weighted by Crippen LogP contribution is 2.34. The lowest BCUT2D eigenvalue weighted by atomic mass is 10.1. The molecule has 1 fully saturated rings. The summed E-state index contributed by atoms with van der Waals surface area (Å²) in [6, 6.07) is 16.6. The lowest BCUT2D eigenvalue weighted by Gasteiger charge is -2.26. The maximum absolute atomic E-state index is 6.25. The van der Waals surface area contributed by atoms with E-state index in [0.29, 0.717) is 0 Å². The largest absolute Gasteiger partial charge is 0.497 e. The molecule has 0 atom stereocenters. The van der Waals surface area contributed by atoms with Crippen molar-refractivity contribution < 1.29 is 9.15 Å². The summed E-state index contributed by atoms with van der Waals surface area (Å²) < 4.78 is 11.8. The maximum Gasteiger partial charge on any atom is 0.139 e. The Hall–Kier alpha value is -1.91. The molecule has 0 unspecified atom stereocenters. The third-order valence-electron chi connectivity index (χ3n) is 5.22. The third-order valence-corrected chi connectivity index (χ3v) is 6.21. The van der Waals surface area contributed by atoms with Crippen molar-refractivity contribution in [3.05, 3.63) is 54.1 Å². The van der Waals surface area contributed by atoms with Gasteiger partial charge in [-0.3, -0.25) is 0 Å². The Bertz CT molecular complexity index is 869. The number of methoxy groups -OCH3 is 1. The van der Waals surface area contributed by atoms with Crippen LogP contribution in [-0.4, -0.2) is 37.4 Å². The summed E-state index contributed by atoms with van der Waals surface area (Å²) >= 11 is 1.98. The van der Waals surface area contributed by atoms with Gasteiger partial charge in [-0.2, -0.15) is 11.8 Å². The first-order valence-corrected chi connectivity index (χ1v) is 10.9. The van der Waals surface area contributed by atoms with E-state index in [2.05, 4.69) is 35.2 Å². The second-order valence-corrected chi connectivity index (χ2v) is 8.24. The highest BCUT2D eigenvalue weighted by molar-refractivity contribution is 7.98. The average molecular weight is 382 g/mol. The first-order chi connectivity index (χ1) is 13.3. The number of thioether (sulfide) groups is 1. The number of benzene rings is 2. The average Bonchev–Trinajstić information content (AvgIpc) is 3.17. The van der Waals surface area contributed by atoms with Crippen molar-refractivity contribution in [2.24, 2.45) is 0 Å². The molecule has 0 spiro atoms. The lowest BCUT2D eigenvalue weighted by Crippen LogP contribution is -2.31. The molecule has 4 rings (SSSR count). The molecule has 1 saturated heterocycles. The van der Waals surface area contributed by atoms with Gasteiger partial charge in [0.05, 0.1) is 7.11 Å². The van der Waals surface area contributed by atoms with Crippen LogP contribution in [0.25, 0.3) is 22.3 Å². The SMILES string of the molecule is COc1cc(CSCCN2CCCCC2)c2oc(-c3ccccc3)cc2c1. The minimum Gasteiger partial charge on any atom is -0.497 e. The highest BCUT2D eigenvalue weighted by Gasteiger charge is 2.13. The number of fused-ring (bicyclic) bond motifs is 1. The van der Waals surface area contributed by atoms with E-state index in [9.17, 15) is 0 Å². The second kappa shape index (κ2) is 8.85. The number of nitrogens with zero attached hydrogens (tertiary/aromatic N) is 1. The third kappa shape index (κ3) is 4.50. The van der Waals surface area contributed by atoms with Gasteiger partial charge >= 0.3 is 0 Å². The smallest absolute Gasteiger partial charge is 0.139 e. The van der Waals surface area contributed by atoms with Gasteiger partial charge in [0.1, 0.15) is 17.1 Å². The second-order valence-electron chi connectivity index (χ2n) is 7.14. The monoisotopic (exact) mass is 381 g/mol. The van der Waals surface area contributed by atoms with Gasteiger partial charge in [0.2, 0.25) is 0 Å². The van der Waals surface area contributed by atoms with Crippen molar-refractivity contribution in [1.29, 1.82) is 0 Å². The van der Waals surface area contributed by atoms with Crippen LogP contribution in [0.5, 0.6) is 5.75 Å². The van der Waals surface area contributed by atoms with Crippen LogP contribution in [-0.2, 0) is 5.75 Å². The van der Waals surface area contributed by atoms with Crippen LogP contribution in [0.1, 0.15) is 24.8 Å². The zero-order valence-electron chi connectivity index (χ0n) is 15.9. The number of piperidine rings is 1. The van der Waals surface area contributed by atoms with E-state index in [1.54, 1.807) is 7.11 Å². The molecule has 3 nitrogen and oxygen atoms in total. The molecule has 27 heavy (non-hydrogen) atoms. The Balaban J connectivity index is 1.49. The standard InChI is InChI=1S/C23H27NO2S/c1-25-21-14-19-16-22(18-8-4-2-5-9-18)26-23(19)20(15-21)17-27-13-12-24-10-6-3-7-11-24/h2,4-5,8-9,14-16H,3,6-7,10-13,17H2,1H3. The fourth-order valence-electron chi connectivity index (χ4n) is 3.72. The molecular formula is C23H27NO2S. The van der Waals surface area contributed by atoms with Gasteiger partial charge in [0.15, 0.2) is 0 Å². The molecule has 3 aromatic rings. The summed E-state index contributed by atoms with van der Waals surface area (Å²) in [5.74, 6) is 3.92. The van der Waals surface area contributed by atoms with Gasteiger partial charge in [-0.05, 0) is 44.1 Å². The first-order valence-electron chi connectivity index (χ1n) is 9.79. The van der Waals surface area contributed by atoms with E-state index < -0.39 is 0 Å². The first kappa shape index (κ1) is 18.5. The zero-order chi connectivity index (χ0) is 18.5. The Labute approximate surface area is 165 Å². The van der Waals surface area contributed by atoms with E-state index in [4.69, 9.17) is 9.15 Å². The predicted octanol–water partition coefficient (Wildman–Crippen LogP) is 5.83. The number of rotatable bonds is 7. The Morgan fingerprint density at radius 3 is 2.63 bits per heavy atom. The molecule has 0 amide bonds. The Morgan fingerprint density at radius 1 is 1.04 bits per heavy atom. The minimum absolute atomic E-state index is 0.898. The van der Waals surface area contributed by atoms with Gasteiger partial charge in [0, 0.05) is 34.6 Å². The Kier molecular flexibility index (Phi) is 6.05. The van der Waals surface area contributed by atoms with Crippen molar-refractivity contribution in [1.82, 2.24) is 4.90 Å². The van der Waals surface area contributed by atoms with Crippen molar-refractivity contribution in [2.75, 3.05) is 32.5 Å². The molecule has 142 valence electrons. The van der Waals surface area contributed by atoms with E-state index >= 15 is 0 Å². The van der Waals surface area contributed by atoms with Crippen LogP contribution in [0.2, 0.25) is 0 Å². The zero-order valence-corrected chi connectivity index (χ0v) is 16.8. The van der Waals surface area contributed by atoms with Gasteiger partial charge in [-0.15, -0.1) is 0 Å². The van der Waals surface area contributed by atoms with Crippen molar-refractivity contribution in [2.45, 2.75) is 25.0 Å². The van der Waals surface area contributed by atoms with E-state index in [1.807, 2.05) is 30.0 Å². The number of ether oxygens (including phenoxy) is 1. The number of hydrogen-bond donors (Lipinski definition) is 0. The summed E-state index contributed by atoms with van der Waals surface area (Å²) in [5, 5.41) is 1.11. The normalized spacial score (nSPS) is 15.3. The van der Waals surface area contributed by atoms with E-state index in [1.165, 1.54) is 44.5 Å². The minimum atomic E-state index is 0.898. The fraction of sp³-hybridized carbons (Fsp3) is 0.391. The molecule has 2 heterocycles. The maximum atomic E-state index is 6.25. The molecular weight excluding hydrogens is 354 g/mol. The van der Waals surface area contributed by atoms with Gasteiger partial charge in [-0.1, -0.05) is 36.8 Å². The van der Waals surface area contributed by atoms with Crippen LogP contribution in [0.15, 0.2) is 52.9 Å². The van der Waals surface area contributed by atoms with E-state index in [-0.39, 0.29) is 0 Å². The molecule has 4 heteroatoms. The molecule has 1 aliphatic heterocycles. The molecule has 0 N–H and O–H groups in total. The summed E-state index contributed by atoms with van der Waals surface area (Å²) in [7, 11) is 1.73. The topological polar surface area (TPSA) is 25.6 Å². The molecule has 2 aromatic carbocycles. The summed E-state index contributed by atoms with van der Waals surface area (Å²) in [6.07, 6.45) is 4.11. The molecule has 0 saturated carbocycles. The molecule has 1 aromatic heterocycles. The summed E-state index contributed by atoms with van der Waals surface area (Å²) in [5.41, 5.74) is 3.31. The van der Waals surface area contributed by atoms with Crippen LogP contribution in [0.4, 0.5) is 0 Å². The highest BCUT2D eigenvalue weighted by atomic mass is 32.2. The molecule has 1 aliphatic rings. The van der Waals surface area contributed by atoms with Gasteiger partial charge < -0.3 is 14.1 Å². The molecule has 0 aliphatic carbocycles. The predicted molar refractivity (Wildman–Crippen MR) is 115 cm³/mol. The quantitative estimate of drug-likeness (QED) is 0.481. The molecule has 0 radical (unpaired) electrons. The van der Waals surface area contributed by atoms with E-state index in [0.717, 1.165) is 39.5 Å². The van der Waals surface area contributed by atoms with Crippen LogP contribution in [0, 0.1) is 0 Å². The fourth-order valence-corrected chi connectivity index (χ4v) is 4.69. The van der Waals surface area contributed by atoms with Gasteiger partial charge in [0.25, 0.3) is 0 Å². The van der Waals surface area contributed by atoms with Crippen molar-refractivity contribution in [3.8, 4) is 17.1 Å². The van der Waals surface area contributed by atoms with Crippen LogP contribution in [0.3, 0.4) is 0 Å². The van der Waals surface area contributed by atoms with Crippen molar-refractivity contribution in [3.63, 3.8) is 0 Å². The van der Waals surface area contributed by atoms with Gasteiger partial charge in [-0.25, -0.2) is 0 Å². The number of likely N-dealkylation sites (tertiary alicyclic amines) is 1. The Morgan fingerprint density at radius 2 is 1.85 bits per heavy atom. The van der Waals surface area contributed by atoms with Crippen molar-refractivity contribution >= 4 is 22.7 Å². The number of hydrogen-bond acceptors (Lipinski definition) is 4. The lowest BCUT2D eigenvalue weighted by molar-refractivity contribution is 0.242. The van der Waals surface area contributed by atoms with Crippen LogP contribution < -0.4 is 4.74 Å². The van der Waals surface area contributed by atoms with Crippen LogP contribution >= 0.6 is 11.8 Å². The number of furan rings is 1. The summed E-state index contributed by atoms with van der Waals surface area (Å²) in [6.45, 7) is 3.72.